The van der Waals surface area contributed by atoms with Crippen LogP contribution in [-0.2, 0) is 4.79 Å². The fourth-order valence-corrected chi connectivity index (χ4v) is 5.19. The van der Waals surface area contributed by atoms with E-state index >= 15 is 0 Å². The highest BCUT2D eigenvalue weighted by Crippen LogP contribution is 2.47. The summed E-state index contributed by atoms with van der Waals surface area (Å²) in [5.74, 6) is 0.423. The Labute approximate surface area is 185 Å². The minimum atomic E-state index is -0.375. The molecule has 0 radical (unpaired) electrons. The Balaban J connectivity index is 1.73. The molecule has 2 N–H and O–H groups in total. The van der Waals surface area contributed by atoms with Gasteiger partial charge in [0.05, 0.1) is 11.3 Å². The molecule has 1 aliphatic carbocycles. The smallest absolute Gasteiger partial charge is 0.277 e. The van der Waals surface area contributed by atoms with E-state index < -0.39 is 0 Å². The molecule has 0 spiro atoms. The monoisotopic (exact) mass is 431 g/mol. The maximum atomic E-state index is 13.6. The van der Waals surface area contributed by atoms with E-state index in [2.05, 4.69) is 36.4 Å². The lowest BCUT2D eigenvalue weighted by Gasteiger charge is -2.37. The Hall–Kier alpha value is -2.99. The molecule has 0 bridgehead atoms. The number of benzene rings is 2. The summed E-state index contributed by atoms with van der Waals surface area (Å²) in [7, 11) is 0. The molecule has 0 unspecified atom stereocenters. The molecule has 0 fully saturated rings. The average Bonchev–Trinajstić information content (AvgIpc) is 3.08. The maximum absolute atomic E-state index is 13.6. The molecule has 3 aromatic rings. The van der Waals surface area contributed by atoms with Crippen molar-refractivity contribution in [2.75, 3.05) is 11.6 Å². The summed E-state index contributed by atoms with van der Waals surface area (Å²) in [5, 5.41) is 6.68. The molecular weight excluding hydrogens is 406 g/mol. The van der Waals surface area contributed by atoms with Crippen LogP contribution in [0.3, 0.4) is 0 Å². The van der Waals surface area contributed by atoms with Gasteiger partial charge in [0.15, 0.2) is 5.78 Å². The highest BCUT2D eigenvalue weighted by molar-refractivity contribution is 7.98. The van der Waals surface area contributed by atoms with Crippen molar-refractivity contribution >= 4 is 23.4 Å². The molecule has 0 saturated carbocycles. The van der Waals surface area contributed by atoms with Crippen LogP contribution in [-0.4, -0.2) is 21.8 Å². The quantitative estimate of drug-likeness (QED) is 0.567. The summed E-state index contributed by atoms with van der Waals surface area (Å²) in [6.45, 7) is 4.23. The van der Waals surface area contributed by atoms with Gasteiger partial charge >= 0.3 is 0 Å². The van der Waals surface area contributed by atoms with Crippen LogP contribution in [0.5, 0.6) is 0 Å². The lowest BCUT2D eigenvalue weighted by atomic mass is 9.69. The summed E-state index contributed by atoms with van der Waals surface area (Å²) < 4.78 is 1.56. The van der Waals surface area contributed by atoms with Crippen molar-refractivity contribution in [2.24, 2.45) is 5.41 Å². The summed E-state index contributed by atoms with van der Waals surface area (Å²) in [6, 6.07) is 17.7. The van der Waals surface area contributed by atoms with Gasteiger partial charge in [0, 0.05) is 28.5 Å². The number of nitrogens with zero attached hydrogens (tertiary/aromatic N) is 1. The molecule has 5 nitrogen and oxygen atoms in total. The van der Waals surface area contributed by atoms with Crippen molar-refractivity contribution in [2.45, 2.75) is 37.5 Å². The summed E-state index contributed by atoms with van der Waals surface area (Å²) in [4.78, 5) is 28.1. The number of carbonyl (C=O) groups excluding carboxylic acids is 1. The number of anilines is 1. The van der Waals surface area contributed by atoms with E-state index in [1.807, 2.05) is 48.7 Å². The molecule has 1 aromatic heterocycles. The molecule has 31 heavy (non-hydrogen) atoms. The second kappa shape index (κ2) is 7.31. The summed E-state index contributed by atoms with van der Waals surface area (Å²) in [5.41, 5.74) is 3.76. The highest BCUT2D eigenvalue weighted by atomic mass is 32.2. The van der Waals surface area contributed by atoms with Crippen LogP contribution in [0.25, 0.3) is 5.69 Å². The first-order chi connectivity index (χ1) is 14.9. The Bertz CT molecular complexity index is 1250. The number of ketones is 1. The average molecular weight is 432 g/mol. The van der Waals surface area contributed by atoms with Gasteiger partial charge in [-0.25, -0.2) is 4.68 Å². The van der Waals surface area contributed by atoms with Gasteiger partial charge in [-0.05, 0) is 47.9 Å². The Morgan fingerprint density at radius 3 is 2.39 bits per heavy atom. The molecule has 0 saturated heterocycles. The van der Waals surface area contributed by atoms with E-state index in [9.17, 15) is 9.59 Å². The van der Waals surface area contributed by atoms with Gasteiger partial charge in [-0.2, -0.15) is 0 Å². The van der Waals surface area contributed by atoms with Crippen LogP contribution >= 0.6 is 11.8 Å². The molecule has 6 heteroatoms. The fourth-order valence-electron chi connectivity index (χ4n) is 4.78. The molecular formula is C25H25N3O2S. The number of thioether (sulfide) groups is 1. The third kappa shape index (κ3) is 3.35. The number of fused-ring (bicyclic) bond motifs is 1. The number of Topliss-reactive ketones (excluding diaryl/α,β-unsaturated/α-hetero) is 1. The number of hydrogen-bond donors (Lipinski definition) is 2. The Morgan fingerprint density at radius 2 is 1.71 bits per heavy atom. The molecule has 2 heterocycles. The third-order valence-corrected chi connectivity index (χ3v) is 6.91. The van der Waals surface area contributed by atoms with Crippen molar-refractivity contribution < 1.29 is 4.79 Å². The standard InChI is InChI=1S/C25H25N3O2S/c1-25(2)13-18-21(19(29)14-25)20(15-9-11-17(31-3)12-10-15)22-23(26-18)27-28(24(22)30)16-7-5-4-6-8-16/h4-12,20,26-27H,13-14H2,1-3H3/t20-/m1/s1. The minimum Gasteiger partial charge on any atom is -0.343 e. The van der Waals surface area contributed by atoms with Crippen LogP contribution in [0.2, 0.25) is 0 Å². The normalized spacial score (nSPS) is 19.6. The third-order valence-electron chi connectivity index (χ3n) is 6.16. The molecule has 158 valence electrons. The van der Waals surface area contributed by atoms with Crippen LogP contribution in [0.4, 0.5) is 5.82 Å². The predicted molar refractivity (Wildman–Crippen MR) is 125 cm³/mol. The summed E-state index contributed by atoms with van der Waals surface area (Å²) in [6.07, 6.45) is 3.29. The molecule has 2 aliphatic rings. The summed E-state index contributed by atoms with van der Waals surface area (Å²) >= 11 is 1.67. The SMILES string of the molecule is CSc1ccc([C@@H]2C3=C(CC(C)(C)CC3=O)Nc3[nH]n(-c4ccccc4)c(=O)c32)cc1. The number of nitrogens with one attached hydrogen (secondary N) is 2. The lowest BCUT2D eigenvalue weighted by Crippen LogP contribution is -2.35. The number of carbonyl (C=O) groups is 1. The van der Waals surface area contributed by atoms with Gasteiger partial charge in [-0.3, -0.25) is 14.7 Å². The first-order valence-electron chi connectivity index (χ1n) is 10.5. The lowest BCUT2D eigenvalue weighted by molar-refractivity contribution is -0.118. The number of rotatable bonds is 3. The number of aromatic amines is 1. The van der Waals surface area contributed by atoms with Gasteiger partial charge in [0.2, 0.25) is 0 Å². The van der Waals surface area contributed by atoms with Crippen molar-refractivity contribution in [1.82, 2.24) is 9.78 Å². The topological polar surface area (TPSA) is 66.9 Å². The van der Waals surface area contributed by atoms with Crippen molar-refractivity contribution in [1.29, 1.82) is 0 Å². The van der Waals surface area contributed by atoms with Crippen molar-refractivity contribution in [3.63, 3.8) is 0 Å². The number of hydrogen-bond acceptors (Lipinski definition) is 4. The second-order valence-corrected chi connectivity index (χ2v) is 9.92. The first kappa shape index (κ1) is 19.9. The van der Waals surface area contributed by atoms with Gasteiger partial charge < -0.3 is 5.32 Å². The number of H-pyrrole nitrogens is 1. The van der Waals surface area contributed by atoms with E-state index in [-0.39, 0.29) is 22.7 Å². The van der Waals surface area contributed by atoms with E-state index in [1.165, 1.54) is 0 Å². The fraction of sp³-hybridized carbons (Fsp3) is 0.280. The largest absolute Gasteiger partial charge is 0.343 e. The maximum Gasteiger partial charge on any atom is 0.277 e. The van der Waals surface area contributed by atoms with Crippen LogP contribution in [0.1, 0.15) is 43.7 Å². The number of allylic oxidation sites excluding steroid dienone is 2. The van der Waals surface area contributed by atoms with E-state index in [1.54, 1.807) is 16.4 Å². The number of aromatic nitrogens is 2. The molecule has 5 rings (SSSR count). The first-order valence-corrected chi connectivity index (χ1v) is 11.7. The zero-order valence-corrected chi connectivity index (χ0v) is 18.7. The molecule has 1 atom stereocenters. The van der Waals surface area contributed by atoms with E-state index in [0.29, 0.717) is 17.8 Å². The van der Waals surface area contributed by atoms with Crippen LogP contribution in [0.15, 0.2) is 75.6 Å². The molecule has 2 aromatic carbocycles. The Kier molecular flexibility index (Phi) is 4.70. The van der Waals surface area contributed by atoms with E-state index in [0.717, 1.165) is 33.8 Å². The van der Waals surface area contributed by atoms with Gasteiger partial charge in [0.1, 0.15) is 5.82 Å². The minimum absolute atomic E-state index is 0.115. The zero-order valence-electron chi connectivity index (χ0n) is 17.9. The Morgan fingerprint density at radius 1 is 1.00 bits per heavy atom. The molecule has 0 amide bonds. The predicted octanol–water partition coefficient (Wildman–Crippen LogP) is 5.09. The van der Waals surface area contributed by atoms with Gasteiger partial charge in [0.25, 0.3) is 5.56 Å². The zero-order chi connectivity index (χ0) is 21.8. The van der Waals surface area contributed by atoms with Crippen LogP contribution < -0.4 is 10.9 Å². The number of para-hydroxylation sites is 1. The van der Waals surface area contributed by atoms with Crippen LogP contribution in [0, 0.1) is 5.41 Å². The second-order valence-electron chi connectivity index (χ2n) is 9.04. The van der Waals surface area contributed by atoms with E-state index in [4.69, 9.17) is 0 Å². The van der Waals surface area contributed by atoms with Gasteiger partial charge in [-0.1, -0.05) is 44.2 Å². The highest BCUT2D eigenvalue weighted by Gasteiger charge is 2.42. The van der Waals surface area contributed by atoms with Crippen molar-refractivity contribution in [3.8, 4) is 5.69 Å². The van der Waals surface area contributed by atoms with Crippen molar-refractivity contribution in [3.05, 3.63) is 87.3 Å². The van der Waals surface area contributed by atoms with Gasteiger partial charge in [-0.15, -0.1) is 11.8 Å². The molecule has 1 aliphatic heterocycles.